The van der Waals surface area contributed by atoms with Crippen molar-refractivity contribution in [2.75, 3.05) is 13.1 Å². The maximum atomic E-state index is 13.3. The second kappa shape index (κ2) is 6.61. The SMILES string of the molecule is Cc1cccc(C2C(=O)NCCN2S(=O)(=O)c2cc(C)ccc2C)c1. The Morgan fingerprint density at radius 2 is 1.76 bits per heavy atom. The summed E-state index contributed by atoms with van der Waals surface area (Å²) in [6, 6.07) is 11.9. The summed E-state index contributed by atoms with van der Waals surface area (Å²) in [6.45, 7) is 6.12. The molecule has 25 heavy (non-hydrogen) atoms. The number of nitrogens with one attached hydrogen (secondary N) is 1. The molecule has 1 fully saturated rings. The predicted molar refractivity (Wildman–Crippen MR) is 96.7 cm³/mol. The van der Waals surface area contributed by atoms with Crippen LogP contribution in [0.25, 0.3) is 0 Å². The topological polar surface area (TPSA) is 66.5 Å². The van der Waals surface area contributed by atoms with Gasteiger partial charge in [0.25, 0.3) is 0 Å². The minimum Gasteiger partial charge on any atom is -0.353 e. The van der Waals surface area contributed by atoms with E-state index in [0.29, 0.717) is 17.7 Å². The van der Waals surface area contributed by atoms with Crippen molar-refractivity contribution in [1.82, 2.24) is 9.62 Å². The highest BCUT2D eigenvalue weighted by atomic mass is 32.2. The highest BCUT2D eigenvalue weighted by molar-refractivity contribution is 7.89. The van der Waals surface area contributed by atoms with Crippen LogP contribution in [-0.2, 0) is 14.8 Å². The predicted octanol–water partition coefficient (Wildman–Crippen LogP) is 2.47. The van der Waals surface area contributed by atoms with Crippen molar-refractivity contribution < 1.29 is 13.2 Å². The van der Waals surface area contributed by atoms with Gasteiger partial charge in [0.15, 0.2) is 0 Å². The van der Waals surface area contributed by atoms with E-state index in [1.54, 1.807) is 25.1 Å². The van der Waals surface area contributed by atoms with E-state index in [9.17, 15) is 13.2 Å². The van der Waals surface area contributed by atoms with Gasteiger partial charge in [-0.15, -0.1) is 0 Å². The summed E-state index contributed by atoms with van der Waals surface area (Å²) in [5, 5.41) is 2.78. The molecule has 1 atom stereocenters. The monoisotopic (exact) mass is 358 g/mol. The number of hydrogen-bond donors (Lipinski definition) is 1. The highest BCUT2D eigenvalue weighted by Crippen LogP contribution is 2.31. The molecule has 1 N–H and O–H groups in total. The zero-order valence-electron chi connectivity index (χ0n) is 14.6. The van der Waals surface area contributed by atoms with Crippen LogP contribution in [0, 0.1) is 20.8 Å². The molecule has 0 spiro atoms. The van der Waals surface area contributed by atoms with E-state index in [-0.39, 0.29) is 17.3 Å². The molecule has 0 radical (unpaired) electrons. The number of piperazine rings is 1. The van der Waals surface area contributed by atoms with E-state index in [1.165, 1.54) is 4.31 Å². The van der Waals surface area contributed by atoms with E-state index >= 15 is 0 Å². The zero-order chi connectivity index (χ0) is 18.2. The molecule has 1 unspecified atom stereocenters. The summed E-state index contributed by atoms with van der Waals surface area (Å²) in [4.78, 5) is 12.8. The van der Waals surface area contributed by atoms with Crippen molar-refractivity contribution >= 4 is 15.9 Å². The molecule has 0 bridgehead atoms. The minimum atomic E-state index is -3.79. The standard InChI is InChI=1S/C19H22N2O3S/c1-13-5-4-6-16(11-13)18-19(22)20-9-10-21(18)25(23,24)17-12-14(2)7-8-15(17)3/h4-8,11-12,18H,9-10H2,1-3H3,(H,20,22). The van der Waals surface area contributed by atoms with Gasteiger partial charge in [0, 0.05) is 13.1 Å². The molecular weight excluding hydrogens is 336 g/mol. The van der Waals surface area contributed by atoms with E-state index in [4.69, 9.17) is 0 Å². The quantitative estimate of drug-likeness (QED) is 0.917. The normalized spacial score (nSPS) is 18.8. The number of nitrogens with zero attached hydrogens (tertiary/aromatic N) is 1. The zero-order valence-corrected chi connectivity index (χ0v) is 15.4. The number of aryl methyl sites for hydroxylation is 3. The average Bonchev–Trinajstić information content (AvgIpc) is 2.56. The number of rotatable bonds is 3. The van der Waals surface area contributed by atoms with Crippen LogP contribution < -0.4 is 5.32 Å². The molecule has 1 amide bonds. The summed E-state index contributed by atoms with van der Waals surface area (Å²) in [7, 11) is -3.79. The molecule has 0 saturated carbocycles. The molecular formula is C19H22N2O3S. The molecule has 0 aromatic heterocycles. The number of benzene rings is 2. The molecule has 0 aliphatic carbocycles. The lowest BCUT2D eigenvalue weighted by Gasteiger charge is -2.34. The summed E-state index contributed by atoms with van der Waals surface area (Å²) in [5.74, 6) is -0.286. The van der Waals surface area contributed by atoms with Gasteiger partial charge in [0.2, 0.25) is 15.9 Å². The third-order valence-electron chi connectivity index (χ3n) is 4.46. The maximum absolute atomic E-state index is 13.3. The van der Waals surface area contributed by atoms with Crippen molar-refractivity contribution in [1.29, 1.82) is 0 Å². The van der Waals surface area contributed by atoms with Crippen LogP contribution in [0.2, 0.25) is 0 Å². The second-order valence-electron chi connectivity index (χ2n) is 6.49. The molecule has 2 aromatic carbocycles. The Hall–Kier alpha value is -2.18. The van der Waals surface area contributed by atoms with Gasteiger partial charge in [-0.1, -0.05) is 42.0 Å². The van der Waals surface area contributed by atoms with Crippen LogP contribution in [0.1, 0.15) is 28.3 Å². The first-order valence-electron chi connectivity index (χ1n) is 8.24. The Morgan fingerprint density at radius 1 is 1.04 bits per heavy atom. The lowest BCUT2D eigenvalue weighted by molar-refractivity contribution is -0.126. The van der Waals surface area contributed by atoms with Crippen molar-refractivity contribution in [3.63, 3.8) is 0 Å². The molecule has 6 heteroatoms. The van der Waals surface area contributed by atoms with Gasteiger partial charge in [-0.2, -0.15) is 4.31 Å². The van der Waals surface area contributed by atoms with Crippen LogP contribution >= 0.6 is 0 Å². The van der Waals surface area contributed by atoms with Crippen LogP contribution in [0.15, 0.2) is 47.4 Å². The third-order valence-corrected chi connectivity index (χ3v) is 6.46. The fraction of sp³-hybridized carbons (Fsp3) is 0.316. The second-order valence-corrected chi connectivity index (χ2v) is 8.35. The van der Waals surface area contributed by atoms with E-state index in [1.807, 2.05) is 38.1 Å². The van der Waals surface area contributed by atoms with Gasteiger partial charge in [-0.25, -0.2) is 8.42 Å². The van der Waals surface area contributed by atoms with Gasteiger partial charge in [0.05, 0.1) is 4.90 Å². The van der Waals surface area contributed by atoms with E-state index < -0.39 is 16.1 Å². The number of carbonyl (C=O) groups is 1. The average molecular weight is 358 g/mol. The molecule has 2 aromatic rings. The van der Waals surface area contributed by atoms with Crippen LogP contribution in [-0.4, -0.2) is 31.7 Å². The molecule has 3 rings (SSSR count). The smallest absolute Gasteiger partial charge is 0.244 e. The first-order chi connectivity index (χ1) is 11.8. The summed E-state index contributed by atoms with van der Waals surface area (Å²) < 4.78 is 28.0. The molecule has 1 saturated heterocycles. The van der Waals surface area contributed by atoms with Gasteiger partial charge in [-0.3, -0.25) is 4.79 Å². The lowest BCUT2D eigenvalue weighted by Crippen LogP contribution is -2.52. The Morgan fingerprint density at radius 3 is 2.48 bits per heavy atom. The summed E-state index contributed by atoms with van der Waals surface area (Å²) >= 11 is 0. The minimum absolute atomic E-state index is 0.250. The molecule has 1 aliphatic heterocycles. The van der Waals surface area contributed by atoms with E-state index in [2.05, 4.69) is 5.32 Å². The molecule has 5 nitrogen and oxygen atoms in total. The van der Waals surface area contributed by atoms with Gasteiger partial charge in [0.1, 0.15) is 6.04 Å². The number of carbonyl (C=O) groups excluding carboxylic acids is 1. The van der Waals surface area contributed by atoms with Gasteiger partial charge < -0.3 is 5.32 Å². The van der Waals surface area contributed by atoms with Crippen molar-refractivity contribution in [3.05, 3.63) is 64.7 Å². The maximum Gasteiger partial charge on any atom is 0.244 e. The van der Waals surface area contributed by atoms with Crippen LogP contribution in [0.4, 0.5) is 0 Å². The molecule has 1 heterocycles. The van der Waals surface area contributed by atoms with Gasteiger partial charge >= 0.3 is 0 Å². The van der Waals surface area contributed by atoms with E-state index in [0.717, 1.165) is 11.1 Å². The lowest BCUT2D eigenvalue weighted by atomic mass is 10.0. The number of sulfonamides is 1. The van der Waals surface area contributed by atoms with Crippen molar-refractivity contribution in [3.8, 4) is 0 Å². The largest absolute Gasteiger partial charge is 0.353 e. The van der Waals surface area contributed by atoms with Crippen LogP contribution in [0.5, 0.6) is 0 Å². The highest BCUT2D eigenvalue weighted by Gasteiger charge is 2.40. The molecule has 132 valence electrons. The Balaban J connectivity index is 2.12. The third kappa shape index (κ3) is 3.32. The fourth-order valence-electron chi connectivity index (χ4n) is 3.17. The van der Waals surface area contributed by atoms with Crippen LogP contribution in [0.3, 0.4) is 0 Å². The Labute approximate surface area is 148 Å². The Kier molecular flexibility index (Phi) is 4.67. The first kappa shape index (κ1) is 17.6. The summed E-state index contributed by atoms with van der Waals surface area (Å²) in [5.41, 5.74) is 3.23. The van der Waals surface area contributed by atoms with Gasteiger partial charge in [-0.05, 0) is 43.5 Å². The summed E-state index contributed by atoms with van der Waals surface area (Å²) in [6.07, 6.45) is 0. The number of hydrogen-bond acceptors (Lipinski definition) is 3. The molecule has 1 aliphatic rings. The van der Waals surface area contributed by atoms with Crippen molar-refractivity contribution in [2.24, 2.45) is 0 Å². The van der Waals surface area contributed by atoms with Crippen molar-refractivity contribution in [2.45, 2.75) is 31.7 Å². The Bertz CT molecular complexity index is 922. The number of amides is 1. The first-order valence-corrected chi connectivity index (χ1v) is 9.68. The fourth-order valence-corrected chi connectivity index (χ4v) is 5.06.